The van der Waals surface area contributed by atoms with Crippen molar-refractivity contribution in [3.05, 3.63) is 77.7 Å². The van der Waals surface area contributed by atoms with Crippen LogP contribution in [0.15, 0.2) is 66.0 Å². The zero-order valence-corrected chi connectivity index (χ0v) is 27.3. The van der Waals surface area contributed by atoms with Crippen molar-refractivity contribution in [1.82, 2.24) is 18.8 Å². The third-order valence-corrected chi connectivity index (χ3v) is 11.0. The molecule has 4 heterocycles. The van der Waals surface area contributed by atoms with Gasteiger partial charge in [-0.2, -0.15) is 5.26 Å². The minimum absolute atomic E-state index is 0.241. The van der Waals surface area contributed by atoms with Crippen LogP contribution in [-0.4, -0.2) is 78.3 Å². The molecule has 4 aromatic rings. The van der Waals surface area contributed by atoms with E-state index in [4.69, 9.17) is 9.31 Å². The minimum atomic E-state index is -3.79. The first kappa shape index (κ1) is 31.2. The van der Waals surface area contributed by atoms with E-state index in [0.29, 0.717) is 23.4 Å². The highest BCUT2D eigenvalue weighted by Crippen LogP contribution is 2.36. The number of hydrogen-bond donors (Lipinski definition) is 0. The number of nitriles is 1. The lowest BCUT2D eigenvalue weighted by atomic mass is 9.81. The Morgan fingerprint density at radius 2 is 1.60 bits per heavy atom. The van der Waals surface area contributed by atoms with Gasteiger partial charge in [0.1, 0.15) is 0 Å². The van der Waals surface area contributed by atoms with Gasteiger partial charge in [-0.3, -0.25) is 4.90 Å². The van der Waals surface area contributed by atoms with E-state index in [-0.39, 0.29) is 4.90 Å². The maximum absolute atomic E-state index is 13.6. The molecule has 0 aliphatic carbocycles. The molecule has 234 valence electrons. The summed E-state index contributed by atoms with van der Waals surface area (Å²) in [4.78, 5) is 14.1. The largest absolute Gasteiger partial charge is 0.498 e. The maximum atomic E-state index is 13.6. The molecule has 2 saturated heterocycles. The summed E-state index contributed by atoms with van der Waals surface area (Å²) in [6.45, 7) is 14.3. The molecule has 2 aliphatic heterocycles. The molecule has 6 rings (SSSR count). The number of nitrogens with zero attached hydrogens (tertiary/aromatic N) is 6. The van der Waals surface area contributed by atoms with E-state index in [0.717, 1.165) is 61.1 Å². The van der Waals surface area contributed by atoms with E-state index in [1.807, 2.05) is 34.6 Å². The molecule has 12 heteroatoms. The molecule has 2 fully saturated rings. The molecule has 2 aromatic heterocycles. The highest BCUT2D eigenvalue weighted by Gasteiger charge is 2.52. The standard InChI is InChI=1S/C33H39BN6O4S/c1-24-8-11-28(12-9-24)45(41,42)40-23-26(29-19-25(20-35)10-13-30(29)40)7-6-14-38-15-17-39(18-16-38)31-36-21-27(22-37-31)34-43-32(2,3)33(4,5)44-34/h8-13,19,21-23H,6-7,14-18H2,1-5H3. The summed E-state index contributed by atoms with van der Waals surface area (Å²) in [6.07, 6.45) is 6.88. The van der Waals surface area contributed by atoms with Crippen LogP contribution in [0, 0.1) is 18.3 Å². The summed E-state index contributed by atoms with van der Waals surface area (Å²) >= 11 is 0. The Morgan fingerprint density at radius 3 is 2.22 bits per heavy atom. The van der Waals surface area contributed by atoms with E-state index in [1.54, 1.807) is 61.1 Å². The fourth-order valence-corrected chi connectivity index (χ4v) is 7.21. The van der Waals surface area contributed by atoms with E-state index in [1.165, 1.54) is 3.97 Å². The molecule has 0 N–H and O–H groups in total. The Balaban J connectivity index is 1.08. The molecular formula is C33H39BN6O4S. The second-order valence-electron chi connectivity index (χ2n) is 12.9. The third-order valence-electron chi connectivity index (χ3n) is 9.32. The van der Waals surface area contributed by atoms with Gasteiger partial charge in [0, 0.05) is 55.6 Å². The molecule has 0 spiro atoms. The van der Waals surface area contributed by atoms with Crippen LogP contribution in [0.1, 0.15) is 50.8 Å². The van der Waals surface area contributed by atoms with Crippen LogP contribution in [0.2, 0.25) is 0 Å². The normalized spacial score (nSPS) is 18.4. The van der Waals surface area contributed by atoms with Crippen LogP contribution in [-0.2, 0) is 25.8 Å². The Labute approximate surface area is 265 Å². The van der Waals surface area contributed by atoms with Crippen LogP contribution in [0.5, 0.6) is 0 Å². The van der Waals surface area contributed by atoms with Gasteiger partial charge in [-0.15, -0.1) is 0 Å². The Kier molecular flexibility index (Phi) is 8.24. The first-order valence-corrected chi connectivity index (χ1v) is 16.8. The summed E-state index contributed by atoms with van der Waals surface area (Å²) in [5.41, 5.74) is 3.00. The molecular weight excluding hydrogens is 587 g/mol. The van der Waals surface area contributed by atoms with Gasteiger partial charge < -0.3 is 14.2 Å². The van der Waals surface area contributed by atoms with Crippen LogP contribution in [0.4, 0.5) is 5.95 Å². The number of benzene rings is 2. The molecule has 2 aromatic carbocycles. The van der Waals surface area contributed by atoms with E-state index >= 15 is 0 Å². The second-order valence-corrected chi connectivity index (χ2v) is 14.8. The lowest BCUT2D eigenvalue weighted by molar-refractivity contribution is 0.00578. The maximum Gasteiger partial charge on any atom is 0.498 e. The van der Waals surface area contributed by atoms with Crippen molar-refractivity contribution < 1.29 is 17.7 Å². The monoisotopic (exact) mass is 626 g/mol. The molecule has 0 amide bonds. The van der Waals surface area contributed by atoms with Gasteiger partial charge in [0.05, 0.1) is 33.2 Å². The van der Waals surface area contributed by atoms with Gasteiger partial charge in [-0.25, -0.2) is 22.4 Å². The molecule has 0 saturated carbocycles. The Hall–Kier alpha value is -3.76. The number of hydrogen-bond acceptors (Lipinski definition) is 9. The number of aromatic nitrogens is 3. The van der Waals surface area contributed by atoms with Crippen molar-refractivity contribution in [2.75, 3.05) is 37.6 Å². The first-order chi connectivity index (χ1) is 21.4. The Morgan fingerprint density at radius 1 is 0.956 bits per heavy atom. The molecule has 10 nitrogen and oxygen atoms in total. The Bertz CT molecular complexity index is 1830. The fraction of sp³-hybridized carbons (Fsp3) is 0.424. The predicted molar refractivity (Wildman–Crippen MR) is 175 cm³/mol. The van der Waals surface area contributed by atoms with Crippen LogP contribution in [0.3, 0.4) is 0 Å². The zero-order chi connectivity index (χ0) is 32.0. The zero-order valence-electron chi connectivity index (χ0n) is 26.5. The average molecular weight is 627 g/mol. The molecule has 45 heavy (non-hydrogen) atoms. The van der Waals surface area contributed by atoms with Gasteiger partial charge in [0.15, 0.2) is 0 Å². The summed E-state index contributed by atoms with van der Waals surface area (Å²) in [7, 11) is -4.27. The highest BCUT2D eigenvalue weighted by atomic mass is 32.2. The topological polar surface area (TPSA) is 114 Å². The van der Waals surface area contributed by atoms with Gasteiger partial charge in [0.25, 0.3) is 10.0 Å². The quantitative estimate of drug-likeness (QED) is 0.269. The highest BCUT2D eigenvalue weighted by molar-refractivity contribution is 7.90. The first-order valence-electron chi connectivity index (χ1n) is 15.4. The number of fused-ring (bicyclic) bond motifs is 1. The lowest BCUT2D eigenvalue weighted by Gasteiger charge is -2.34. The van der Waals surface area contributed by atoms with Gasteiger partial charge >= 0.3 is 7.12 Å². The molecule has 0 atom stereocenters. The van der Waals surface area contributed by atoms with Crippen molar-refractivity contribution in [2.24, 2.45) is 0 Å². The molecule has 0 unspecified atom stereocenters. The lowest BCUT2D eigenvalue weighted by Crippen LogP contribution is -2.47. The number of aryl methyl sites for hydroxylation is 2. The molecule has 2 aliphatic rings. The summed E-state index contributed by atoms with van der Waals surface area (Å²) in [6, 6.07) is 14.3. The van der Waals surface area contributed by atoms with E-state index in [9.17, 15) is 13.7 Å². The molecule has 0 bridgehead atoms. The summed E-state index contributed by atoms with van der Waals surface area (Å²) in [5, 5.41) is 10.3. The van der Waals surface area contributed by atoms with Gasteiger partial charge in [0.2, 0.25) is 5.95 Å². The molecule has 0 radical (unpaired) electrons. The van der Waals surface area contributed by atoms with Crippen molar-refractivity contribution in [2.45, 2.75) is 63.6 Å². The predicted octanol–water partition coefficient (Wildman–Crippen LogP) is 3.90. The van der Waals surface area contributed by atoms with Crippen molar-refractivity contribution in [3.63, 3.8) is 0 Å². The number of anilines is 1. The number of rotatable bonds is 8. The van der Waals surface area contributed by atoms with Crippen molar-refractivity contribution >= 4 is 39.5 Å². The van der Waals surface area contributed by atoms with Gasteiger partial charge in [-0.05, 0) is 89.9 Å². The summed E-state index contributed by atoms with van der Waals surface area (Å²) < 4.78 is 40.8. The SMILES string of the molecule is Cc1ccc(S(=O)(=O)n2cc(CCCN3CCN(c4ncc(B5OC(C)(C)C(C)(C)O5)cn4)CC3)c3cc(C#N)ccc32)cc1. The third kappa shape index (κ3) is 6.10. The van der Waals surface area contributed by atoms with Crippen LogP contribution in [0.25, 0.3) is 10.9 Å². The number of piperazine rings is 1. The average Bonchev–Trinajstić information content (AvgIpc) is 3.50. The van der Waals surface area contributed by atoms with E-state index < -0.39 is 28.3 Å². The fourth-order valence-electron chi connectivity index (χ4n) is 5.82. The van der Waals surface area contributed by atoms with Crippen LogP contribution < -0.4 is 10.4 Å². The summed E-state index contributed by atoms with van der Waals surface area (Å²) in [5.74, 6) is 0.700. The minimum Gasteiger partial charge on any atom is -0.399 e. The van der Waals surface area contributed by atoms with Gasteiger partial charge in [-0.1, -0.05) is 17.7 Å². The van der Waals surface area contributed by atoms with E-state index in [2.05, 4.69) is 25.8 Å². The van der Waals surface area contributed by atoms with Crippen molar-refractivity contribution in [1.29, 1.82) is 5.26 Å². The van der Waals surface area contributed by atoms with Crippen molar-refractivity contribution in [3.8, 4) is 6.07 Å². The second kappa shape index (κ2) is 11.9. The van der Waals surface area contributed by atoms with Crippen LogP contribution >= 0.6 is 0 Å². The smallest absolute Gasteiger partial charge is 0.399 e.